The fourth-order valence-electron chi connectivity index (χ4n) is 6.72. The Morgan fingerprint density at radius 1 is 1.09 bits per heavy atom. The first-order valence-electron chi connectivity index (χ1n) is 16.1. The molecule has 254 valence electrons. The number of carbonyl (C=O) groups is 1. The highest BCUT2D eigenvalue weighted by Gasteiger charge is 2.55. The number of aliphatic hydroxyl groups excluding tert-OH is 5. The van der Waals surface area contributed by atoms with Gasteiger partial charge in [-0.25, -0.2) is 14.4 Å². The van der Waals surface area contributed by atoms with Gasteiger partial charge in [-0.1, -0.05) is 17.7 Å². The molecule has 2 aromatic rings. The molecule has 0 radical (unpaired) electrons. The van der Waals surface area contributed by atoms with Gasteiger partial charge >= 0.3 is 0 Å². The lowest BCUT2D eigenvalue weighted by molar-refractivity contribution is -0.154. The van der Waals surface area contributed by atoms with E-state index in [-0.39, 0.29) is 30.3 Å². The third-order valence-electron chi connectivity index (χ3n) is 9.83. The van der Waals surface area contributed by atoms with Crippen LogP contribution in [0.2, 0.25) is 5.02 Å². The van der Waals surface area contributed by atoms with E-state index in [2.05, 4.69) is 20.2 Å². The summed E-state index contributed by atoms with van der Waals surface area (Å²) in [5.74, 6) is 1.12. The molecule has 3 fully saturated rings. The molecule has 3 heterocycles. The second kappa shape index (κ2) is 15.5. The molecule has 1 aromatic heterocycles. The minimum absolute atomic E-state index is 0.0169. The van der Waals surface area contributed by atoms with Crippen LogP contribution < -0.4 is 15.0 Å². The van der Waals surface area contributed by atoms with Crippen molar-refractivity contribution >= 4 is 23.5 Å². The van der Waals surface area contributed by atoms with Gasteiger partial charge < -0.3 is 45.4 Å². The summed E-state index contributed by atoms with van der Waals surface area (Å²) < 4.78 is 20.7. The molecule has 1 spiro atoms. The monoisotopic (exact) mass is 665 g/mol. The zero-order valence-electron chi connectivity index (χ0n) is 25.8. The molecule has 46 heavy (non-hydrogen) atoms. The molecule has 2 aliphatic heterocycles. The Balaban J connectivity index is 0.979. The highest BCUT2D eigenvalue weighted by Crippen LogP contribution is 2.48. The average molecular weight is 666 g/mol. The Bertz CT molecular complexity index is 1300. The van der Waals surface area contributed by atoms with Crippen LogP contribution in [0.1, 0.15) is 44.1 Å². The summed E-state index contributed by atoms with van der Waals surface area (Å²) in [4.78, 5) is 25.4. The minimum Gasteiger partial charge on any atom is -0.493 e. The molecular formula is C32H45ClFN5O7. The number of benzene rings is 1. The van der Waals surface area contributed by atoms with Crippen LogP contribution in [0.15, 0.2) is 30.6 Å². The van der Waals surface area contributed by atoms with Gasteiger partial charge in [0.05, 0.1) is 43.2 Å². The van der Waals surface area contributed by atoms with E-state index in [0.29, 0.717) is 47.9 Å². The highest BCUT2D eigenvalue weighted by molar-refractivity contribution is 6.30. The molecule has 6 N–H and O–H groups in total. The standard InChI is InChI=1S/C32H45ClFN5O7/c33-22-14-36-31(37-15-22)38-9-6-20(7-10-38)2-1-11-46-23-4-3-21(24(34)13-23)12-28(43)39-18-32(19-39)8-5-27(32)35-16-25(41)29(44)30(45)26(42)17-40/h3-4,13-15,20,25-27,29-30,35,40-42,44-45H,1-2,5-12,16-19H2/t25-,26+,27?,29+,30+/m0/s1. The summed E-state index contributed by atoms with van der Waals surface area (Å²) in [6.45, 7) is 2.57. The normalized spacial score (nSPS) is 22.1. The molecule has 12 nitrogen and oxygen atoms in total. The summed E-state index contributed by atoms with van der Waals surface area (Å²) in [5.41, 5.74) is 0.181. The molecule has 3 aliphatic rings. The van der Waals surface area contributed by atoms with Gasteiger partial charge in [0.1, 0.15) is 29.9 Å². The number of nitrogens with one attached hydrogen (secondary N) is 1. The third kappa shape index (κ3) is 8.25. The fourth-order valence-corrected chi connectivity index (χ4v) is 6.82. The molecule has 1 amide bonds. The first-order valence-corrected chi connectivity index (χ1v) is 16.4. The number of nitrogens with zero attached hydrogens (tertiary/aromatic N) is 4. The van der Waals surface area contributed by atoms with E-state index in [0.717, 1.165) is 51.6 Å². The topological polar surface area (TPSA) is 172 Å². The lowest BCUT2D eigenvalue weighted by Gasteiger charge is -2.61. The quantitative estimate of drug-likeness (QED) is 0.149. The van der Waals surface area contributed by atoms with Gasteiger partial charge in [0.15, 0.2) is 0 Å². The predicted molar refractivity (Wildman–Crippen MR) is 168 cm³/mol. The Morgan fingerprint density at radius 2 is 1.78 bits per heavy atom. The molecule has 2 saturated heterocycles. The van der Waals surface area contributed by atoms with Crippen molar-refractivity contribution in [1.82, 2.24) is 20.2 Å². The molecule has 1 aromatic carbocycles. The van der Waals surface area contributed by atoms with Crippen LogP contribution >= 0.6 is 11.6 Å². The number of rotatable bonds is 15. The fraction of sp³-hybridized carbons (Fsp3) is 0.656. The number of amides is 1. The largest absolute Gasteiger partial charge is 0.493 e. The van der Waals surface area contributed by atoms with E-state index in [9.17, 15) is 29.6 Å². The van der Waals surface area contributed by atoms with E-state index in [1.807, 2.05) is 0 Å². The summed E-state index contributed by atoms with van der Waals surface area (Å²) in [6, 6.07) is 4.67. The van der Waals surface area contributed by atoms with Gasteiger partial charge in [-0.15, -0.1) is 0 Å². The van der Waals surface area contributed by atoms with E-state index < -0.39 is 36.8 Å². The first kappa shape index (κ1) is 34.7. The number of piperidine rings is 1. The maximum Gasteiger partial charge on any atom is 0.227 e. The molecule has 0 bridgehead atoms. The number of carbonyl (C=O) groups excluding carboxylic acids is 1. The lowest BCUT2D eigenvalue weighted by Crippen LogP contribution is -2.71. The molecular weight excluding hydrogens is 621 g/mol. The molecule has 5 atom stereocenters. The molecule has 14 heteroatoms. The second-order valence-corrected chi connectivity index (χ2v) is 13.4. The number of aliphatic hydroxyl groups is 5. The van der Waals surface area contributed by atoms with Crippen molar-refractivity contribution in [3.63, 3.8) is 0 Å². The Hall–Kier alpha value is -2.65. The molecule has 5 rings (SSSR count). The van der Waals surface area contributed by atoms with Crippen LogP contribution in [0.25, 0.3) is 0 Å². The average Bonchev–Trinajstić information content (AvgIpc) is 3.02. The smallest absolute Gasteiger partial charge is 0.227 e. The van der Waals surface area contributed by atoms with Crippen molar-refractivity contribution in [2.45, 2.75) is 75.4 Å². The number of hydrogen-bond acceptors (Lipinski definition) is 11. The number of anilines is 1. The maximum atomic E-state index is 14.9. The van der Waals surface area contributed by atoms with Gasteiger partial charge in [0.2, 0.25) is 11.9 Å². The summed E-state index contributed by atoms with van der Waals surface area (Å²) >= 11 is 5.88. The Labute approximate surface area is 273 Å². The van der Waals surface area contributed by atoms with E-state index >= 15 is 0 Å². The van der Waals surface area contributed by atoms with Gasteiger partial charge in [-0.05, 0) is 56.1 Å². The summed E-state index contributed by atoms with van der Waals surface area (Å²) in [5, 5.41) is 52.2. The van der Waals surface area contributed by atoms with Gasteiger partial charge in [-0.3, -0.25) is 4.79 Å². The zero-order valence-corrected chi connectivity index (χ0v) is 26.6. The van der Waals surface area contributed by atoms with Crippen molar-refractivity contribution < 1.29 is 39.5 Å². The SMILES string of the molecule is O=C(Cc1ccc(OCCCC2CCN(c3ncc(Cl)cn3)CC2)cc1F)N1CC2(CCC2NC[C@H](O)[C@@H](O)[C@H](O)[C@H](O)CO)C1. The Morgan fingerprint density at radius 3 is 2.41 bits per heavy atom. The predicted octanol–water partition coefficient (Wildman–Crippen LogP) is 0.904. The molecule has 1 aliphatic carbocycles. The van der Waals surface area contributed by atoms with Crippen molar-refractivity contribution in [3.8, 4) is 5.75 Å². The second-order valence-electron chi connectivity index (χ2n) is 13.0. The zero-order chi connectivity index (χ0) is 32.8. The number of halogens is 2. The van der Waals surface area contributed by atoms with Crippen molar-refractivity contribution in [1.29, 1.82) is 0 Å². The third-order valence-corrected chi connectivity index (χ3v) is 10.0. The van der Waals surface area contributed by atoms with Crippen LogP contribution in [-0.2, 0) is 11.2 Å². The van der Waals surface area contributed by atoms with Crippen LogP contribution in [0.4, 0.5) is 10.3 Å². The van der Waals surface area contributed by atoms with E-state index in [4.69, 9.17) is 21.4 Å². The number of ether oxygens (including phenoxy) is 1. The summed E-state index contributed by atoms with van der Waals surface area (Å²) in [7, 11) is 0. The van der Waals surface area contributed by atoms with Crippen LogP contribution in [0, 0.1) is 17.2 Å². The van der Waals surface area contributed by atoms with Crippen molar-refractivity contribution in [2.75, 3.05) is 50.8 Å². The van der Waals surface area contributed by atoms with Gasteiger partial charge in [-0.2, -0.15) is 0 Å². The minimum atomic E-state index is -1.67. The maximum absolute atomic E-state index is 14.9. The van der Waals surface area contributed by atoms with Gasteiger partial charge in [0.25, 0.3) is 0 Å². The molecule has 1 unspecified atom stereocenters. The van der Waals surface area contributed by atoms with Crippen molar-refractivity contribution in [3.05, 3.63) is 47.0 Å². The van der Waals surface area contributed by atoms with E-state index in [1.54, 1.807) is 29.4 Å². The number of hydrogen-bond donors (Lipinski definition) is 6. The summed E-state index contributed by atoms with van der Waals surface area (Å²) in [6.07, 6.45) is 2.71. The number of aromatic nitrogens is 2. The number of likely N-dealkylation sites (tertiary alicyclic amines) is 1. The lowest BCUT2D eigenvalue weighted by atomic mass is 9.59. The van der Waals surface area contributed by atoms with Crippen LogP contribution in [0.5, 0.6) is 5.75 Å². The highest BCUT2D eigenvalue weighted by atomic mass is 35.5. The van der Waals surface area contributed by atoms with Crippen LogP contribution in [-0.4, -0.2) is 123 Å². The van der Waals surface area contributed by atoms with Crippen LogP contribution in [0.3, 0.4) is 0 Å². The molecule has 1 saturated carbocycles. The van der Waals surface area contributed by atoms with Crippen molar-refractivity contribution in [2.24, 2.45) is 11.3 Å². The van der Waals surface area contributed by atoms with E-state index in [1.165, 1.54) is 6.07 Å². The van der Waals surface area contributed by atoms with Gasteiger partial charge in [0, 0.05) is 50.2 Å². The first-order chi connectivity index (χ1) is 22.1. The Kier molecular flexibility index (Phi) is 11.7.